The van der Waals surface area contributed by atoms with Crippen molar-refractivity contribution in [2.45, 2.75) is 38.5 Å². The zero-order valence-corrected chi connectivity index (χ0v) is 12.3. The lowest BCUT2D eigenvalue weighted by Gasteiger charge is -2.18. The van der Waals surface area contributed by atoms with Crippen molar-refractivity contribution in [3.63, 3.8) is 0 Å². The molecule has 0 saturated heterocycles. The van der Waals surface area contributed by atoms with Gasteiger partial charge in [-0.05, 0) is 31.0 Å². The lowest BCUT2D eigenvalue weighted by Crippen LogP contribution is -2.30. The molecule has 0 saturated carbocycles. The summed E-state index contributed by atoms with van der Waals surface area (Å²) in [5, 5.41) is 0.670. The molecule has 3 N–H and O–H groups in total. The highest BCUT2D eigenvalue weighted by molar-refractivity contribution is 7.99. The zero-order chi connectivity index (χ0) is 13.4. The Labute approximate surface area is 114 Å². The number of hydrogen-bond acceptors (Lipinski definition) is 4. The molecule has 0 aliphatic heterocycles. The second kappa shape index (κ2) is 8.40. The standard InChI is InChI=1S/C14H24N2OS/c1-4-11(3)18-10-14(16-15)12-6-8-13(9-7-12)17-5-2/h6-9,11,14,16H,4-5,10,15H2,1-3H3. The van der Waals surface area contributed by atoms with E-state index in [0.717, 1.165) is 11.5 Å². The van der Waals surface area contributed by atoms with Crippen molar-refractivity contribution in [1.29, 1.82) is 0 Å². The van der Waals surface area contributed by atoms with E-state index in [0.29, 0.717) is 11.9 Å². The third kappa shape index (κ3) is 4.88. The van der Waals surface area contributed by atoms with E-state index in [9.17, 15) is 0 Å². The number of rotatable bonds is 8. The average Bonchev–Trinajstić information content (AvgIpc) is 2.41. The van der Waals surface area contributed by atoms with E-state index in [1.54, 1.807) is 0 Å². The number of thioether (sulfide) groups is 1. The molecule has 0 fully saturated rings. The third-order valence-corrected chi connectivity index (χ3v) is 4.35. The van der Waals surface area contributed by atoms with Crippen LogP contribution in [-0.2, 0) is 0 Å². The summed E-state index contributed by atoms with van der Waals surface area (Å²) in [6.45, 7) is 7.14. The van der Waals surface area contributed by atoms with Crippen LogP contribution in [0.1, 0.15) is 38.8 Å². The van der Waals surface area contributed by atoms with Gasteiger partial charge in [-0.25, -0.2) is 0 Å². The number of hydrogen-bond donors (Lipinski definition) is 2. The molecule has 1 aromatic rings. The Balaban J connectivity index is 2.58. The SMILES string of the molecule is CCOc1ccc(C(CSC(C)CC)NN)cc1. The predicted molar refractivity (Wildman–Crippen MR) is 79.9 cm³/mol. The van der Waals surface area contributed by atoms with Gasteiger partial charge < -0.3 is 4.74 Å². The molecule has 102 valence electrons. The fourth-order valence-corrected chi connectivity index (χ4v) is 2.63. The fraction of sp³-hybridized carbons (Fsp3) is 0.571. The van der Waals surface area contributed by atoms with Crippen molar-refractivity contribution in [2.75, 3.05) is 12.4 Å². The Bertz CT molecular complexity index is 329. The van der Waals surface area contributed by atoms with Crippen molar-refractivity contribution < 1.29 is 4.74 Å². The zero-order valence-electron chi connectivity index (χ0n) is 11.5. The third-order valence-electron chi connectivity index (χ3n) is 2.92. The molecule has 18 heavy (non-hydrogen) atoms. The van der Waals surface area contributed by atoms with Gasteiger partial charge in [0.1, 0.15) is 5.75 Å². The van der Waals surface area contributed by atoms with Crippen LogP contribution in [0.4, 0.5) is 0 Å². The average molecular weight is 268 g/mol. The molecule has 0 bridgehead atoms. The van der Waals surface area contributed by atoms with Crippen molar-refractivity contribution >= 4 is 11.8 Å². The van der Waals surface area contributed by atoms with Crippen molar-refractivity contribution in [3.05, 3.63) is 29.8 Å². The summed E-state index contributed by atoms with van der Waals surface area (Å²) >= 11 is 1.94. The van der Waals surface area contributed by atoms with Gasteiger partial charge >= 0.3 is 0 Å². The molecule has 3 nitrogen and oxygen atoms in total. The van der Waals surface area contributed by atoms with Gasteiger partial charge in [-0.2, -0.15) is 11.8 Å². The number of ether oxygens (including phenoxy) is 1. The molecule has 0 heterocycles. The van der Waals surface area contributed by atoms with Gasteiger partial charge in [0, 0.05) is 11.0 Å². The molecule has 1 rings (SSSR count). The molecule has 4 heteroatoms. The maximum absolute atomic E-state index is 5.63. The van der Waals surface area contributed by atoms with Crippen LogP contribution in [0, 0.1) is 0 Å². The van der Waals surface area contributed by atoms with Crippen LogP contribution in [0.25, 0.3) is 0 Å². The van der Waals surface area contributed by atoms with Crippen molar-refractivity contribution in [1.82, 2.24) is 5.43 Å². The summed E-state index contributed by atoms with van der Waals surface area (Å²) in [4.78, 5) is 0. The first-order valence-electron chi connectivity index (χ1n) is 6.51. The lowest BCUT2D eigenvalue weighted by atomic mass is 10.1. The molecule has 0 amide bonds. The van der Waals surface area contributed by atoms with E-state index in [1.807, 2.05) is 30.8 Å². The van der Waals surface area contributed by atoms with Crippen LogP contribution in [0.15, 0.2) is 24.3 Å². The molecule has 2 unspecified atom stereocenters. The fourth-order valence-electron chi connectivity index (χ4n) is 1.58. The number of nitrogens with one attached hydrogen (secondary N) is 1. The Morgan fingerprint density at radius 2 is 1.94 bits per heavy atom. The smallest absolute Gasteiger partial charge is 0.119 e. The van der Waals surface area contributed by atoms with Crippen LogP contribution in [0.3, 0.4) is 0 Å². The topological polar surface area (TPSA) is 47.3 Å². The lowest BCUT2D eigenvalue weighted by molar-refractivity contribution is 0.340. The van der Waals surface area contributed by atoms with Gasteiger partial charge in [0.05, 0.1) is 12.6 Å². The molecule has 0 aliphatic carbocycles. The summed E-state index contributed by atoms with van der Waals surface area (Å²) in [5.74, 6) is 7.53. The van der Waals surface area contributed by atoms with Gasteiger partial charge in [-0.1, -0.05) is 26.0 Å². The summed E-state index contributed by atoms with van der Waals surface area (Å²) in [5.41, 5.74) is 4.09. The van der Waals surface area contributed by atoms with Gasteiger partial charge in [-0.15, -0.1) is 0 Å². The van der Waals surface area contributed by atoms with Crippen molar-refractivity contribution in [3.8, 4) is 5.75 Å². The van der Waals surface area contributed by atoms with Gasteiger partial charge in [0.15, 0.2) is 0 Å². The maximum atomic E-state index is 5.63. The second-order valence-corrected chi connectivity index (χ2v) is 5.74. The quantitative estimate of drug-likeness (QED) is 0.562. The summed E-state index contributed by atoms with van der Waals surface area (Å²) in [6, 6.07) is 8.34. The monoisotopic (exact) mass is 268 g/mol. The first kappa shape index (κ1) is 15.3. The minimum atomic E-state index is 0.194. The Morgan fingerprint density at radius 3 is 2.44 bits per heavy atom. The highest BCUT2D eigenvalue weighted by atomic mass is 32.2. The molecule has 0 aliphatic rings. The van der Waals surface area contributed by atoms with Crippen LogP contribution in [0.2, 0.25) is 0 Å². The molecular weight excluding hydrogens is 244 g/mol. The molecule has 0 spiro atoms. The normalized spacial score (nSPS) is 14.2. The molecule has 1 aromatic carbocycles. The van der Waals surface area contributed by atoms with Gasteiger partial charge in [0.2, 0.25) is 0 Å². The predicted octanol–water partition coefficient (Wildman–Crippen LogP) is 3.12. The second-order valence-electron chi connectivity index (χ2n) is 4.27. The van der Waals surface area contributed by atoms with Crippen molar-refractivity contribution in [2.24, 2.45) is 5.84 Å². The van der Waals surface area contributed by atoms with E-state index >= 15 is 0 Å². The number of hydrazine groups is 1. The van der Waals surface area contributed by atoms with Gasteiger partial charge in [-0.3, -0.25) is 11.3 Å². The summed E-state index contributed by atoms with van der Waals surface area (Å²) in [6.07, 6.45) is 1.19. The van der Waals surface area contributed by atoms with E-state index in [4.69, 9.17) is 10.6 Å². The molecule has 0 radical (unpaired) electrons. The number of nitrogens with two attached hydrogens (primary N) is 1. The molecular formula is C14H24N2OS. The molecule has 2 atom stereocenters. The minimum Gasteiger partial charge on any atom is -0.494 e. The van der Waals surface area contributed by atoms with Crippen LogP contribution in [0.5, 0.6) is 5.75 Å². The highest BCUT2D eigenvalue weighted by Gasteiger charge is 2.11. The first-order chi connectivity index (χ1) is 8.71. The van der Waals surface area contributed by atoms with Crippen LogP contribution in [-0.4, -0.2) is 17.6 Å². The van der Waals surface area contributed by atoms with Gasteiger partial charge in [0.25, 0.3) is 0 Å². The highest BCUT2D eigenvalue weighted by Crippen LogP contribution is 2.23. The number of benzene rings is 1. The largest absolute Gasteiger partial charge is 0.494 e. The Kier molecular flexibility index (Phi) is 7.16. The van der Waals surface area contributed by atoms with E-state index in [2.05, 4.69) is 31.4 Å². The minimum absolute atomic E-state index is 0.194. The Hall–Kier alpha value is -0.710. The Morgan fingerprint density at radius 1 is 1.28 bits per heavy atom. The van der Waals surface area contributed by atoms with Crippen LogP contribution < -0.4 is 16.0 Å². The summed E-state index contributed by atoms with van der Waals surface area (Å²) in [7, 11) is 0. The maximum Gasteiger partial charge on any atom is 0.119 e. The first-order valence-corrected chi connectivity index (χ1v) is 7.56. The van der Waals surface area contributed by atoms with E-state index in [-0.39, 0.29) is 6.04 Å². The van der Waals surface area contributed by atoms with E-state index in [1.165, 1.54) is 12.0 Å². The van der Waals surface area contributed by atoms with Crippen LogP contribution >= 0.6 is 11.8 Å². The molecule has 0 aromatic heterocycles. The summed E-state index contributed by atoms with van der Waals surface area (Å²) < 4.78 is 5.43. The van der Waals surface area contributed by atoms with E-state index < -0.39 is 0 Å².